The van der Waals surface area contributed by atoms with Crippen molar-refractivity contribution in [1.29, 1.82) is 0 Å². The van der Waals surface area contributed by atoms with Crippen LogP contribution in [0.1, 0.15) is 99.6 Å². The summed E-state index contributed by atoms with van der Waals surface area (Å²) in [4.78, 5) is 77.2. The third kappa shape index (κ3) is 7.50. The first-order valence-electron chi connectivity index (χ1n) is 13.7. The molecule has 0 atom stereocenters. The number of carbonyl (C=O) groups is 6. The summed E-state index contributed by atoms with van der Waals surface area (Å²) in [5.41, 5.74) is 0.799. The Labute approximate surface area is 261 Å². The Bertz CT molecular complexity index is 1490. The fourth-order valence-electron chi connectivity index (χ4n) is 4.04. The van der Waals surface area contributed by atoms with Crippen molar-refractivity contribution in [3.8, 4) is 0 Å². The quantitative estimate of drug-likeness (QED) is 0.186. The Hall–Kier alpha value is -4.56. The van der Waals surface area contributed by atoms with E-state index in [1.54, 1.807) is 41.5 Å². The SMILES string of the molecule is CCOC(=O)c1sc(NC(=O)c2cccc(C(=O)Nc3sc(C(=O)OCC)c(C)c3C(=O)OCC)c2)c(C(=O)OCC)c1C. The monoisotopic (exact) mass is 644 g/mol. The van der Waals surface area contributed by atoms with E-state index in [4.69, 9.17) is 18.9 Å². The minimum Gasteiger partial charge on any atom is -0.462 e. The average molecular weight is 645 g/mol. The van der Waals surface area contributed by atoms with Gasteiger partial charge in [-0.2, -0.15) is 0 Å². The molecule has 12 nitrogen and oxygen atoms in total. The highest BCUT2D eigenvalue weighted by Gasteiger charge is 2.29. The van der Waals surface area contributed by atoms with Crippen LogP contribution in [0.15, 0.2) is 24.3 Å². The lowest BCUT2D eigenvalue weighted by Gasteiger charge is -2.09. The Morgan fingerprint density at radius 3 is 1.27 bits per heavy atom. The summed E-state index contributed by atoms with van der Waals surface area (Å²) in [5.74, 6) is -4.04. The maximum Gasteiger partial charge on any atom is 0.348 e. The van der Waals surface area contributed by atoms with Gasteiger partial charge in [-0.3, -0.25) is 9.59 Å². The molecule has 2 heterocycles. The first-order valence-corrected chi connectivity index (χ1v) is 15.3. The molecule has 2 N–H and O–H groups in total. The van der Waals surface area contributed by atoms with Crippen molar-refractivity contribution in [3.05, 3.63) is 67.4 Å². The van der Waals surface area contributed by atoms with Gasteiger partial charge >= 0.3 is 23.9 Å². The van der Waals surface area contributed by atoms with E-state index in [-0.39, 0.29) is 68.4 Å². The van der Waals surface area contributed by atoms with Crippen molar-refractivity contribution in [3.63, 3.8) is 0 Å². The lowest BCUT2D eigenvalue weighted by molar-refractivity contribution is 0.0510. The fourth-order valence-corrected chi connectivity index (χ4v) is 6.20. The third-order valence-electron chi connectivity index (χ3n) is 6.02. The molecule has 0 aliphatic rings. The summed E-state index contributed by atoms with van der Waals surface area (Å²) >= 11 is 1.75. The second kappa shape index (κ2) is 15.3. The predicted octanol–water partition coefficient (Wildman–Crippen LogP) is 5.64. The Balaban J connectivity index is 1.92. The van der Waals surface area contributed by atoms with Gasteiger partial charge in [0.25, 0.3) is 11.8 Å². The molecule has 0 saturated heterocycles. The summed E-state index contributed by atoms with van der Waals surface area (Å²) in [6, 6.07) is 5.72. The number of anilines is 2. The second-order valence-corrected chi connectivity index (χ2v) is 10.9. The van der Waals surface area contributed by atoms with Gasteiger partial charge in [0.2, 0.25) is 0 Å². The van der Waals surface area contributed by atoms with Crippen molar-refractivity contribution < 1.29 is 47.7 Å². The number of esters is 4. The maximum absolute atomic E-state index is 13.3. The zero-order chi connectivity index (χ0) is 32.6. The zero-order valence-corrected chi connectivity index (χ0v) is 26.7. The smallest absolute Gasteiger partial charge is 0.348 e. The van der Waals surface area contributed by atoms with E-state index >= 15 is 0 Å². The molecule has 0 aliphatic carbocycles. The van der Waals surface area contributed by atoms with Gasteiger partial charge in [0.1, 0.15) is 19.8 Å². The van der Waals surface area contributed by atoms with Crippen LogP contribution in [0.5, 0.6) is 0 Å². The van der Waals surface area contributed by atoms with Crippen LogP contribution < -0.4 is 10.6 Å². The summed E-state index contributed by atoms with van der Waals surface area (Å²) in [7, 11) is 0. The number of thiophene rings is 2. The molecular formula is C30H32N2O10S2. The lowest BCUT2D eigenvalue weighted by Crippen LogP contribution is -2.17. The number of hydrogen-bond acceptors (Lipinski definition) is 12. The molecule has 1 aromatic carbocycles. The Kier molecular flexibility index (Phi) is 11.8. The van der Waals surface area contributed by atoms with Crippen LogP contribution in [0, 0.1) is 13.8 Å². The maximum atomic E-state index is 13.3. The zero-order valence-electron chi connectivity index (χ0n) is 25.0. The van der Waals surface area contributed by atoms with E-state index < -0.39 is 35.7 Å². The van der Waals surface area contributed by atoms with E-state index in [0.717, 1.165) is 22.7 Å². The average Bonchev–Trinajstić information content (AvgIpc) is 3.49. The minimum absolute atomic E-state index is 0.0270. The molecule has 3 aromatic rings. The van der Waals surface area contributed by atoms with Gasteiger partial charge in [-0.05, 0) is 70.9 Å². The molecule has 0 radical (unpaired) electrons. The van der Waals surface area contributed by atoms with E-state index in [1.807, 2.05) is 0 Å². The van der Waals surface area contributed by atoms with Gasteiger partial charge < -0.3 is 29.6 Å². The van der Waals surface area contributed by atoms with Gasteiger partial charge in [-0.1, -0.05) is 6.07 Å². The van der Waals surface area contributed by atoms with Crippen LogP contribution in [0.4, 0.5) is 10.0 Å². The number of ether oxygens (including phenoxy) is 4. The number of nitrogens with one attached hydrogen (secondary N) is 2. The molecule has 14 heteroatoms. The van der Waals surface area contributed by atoms with Gasteiger partial charge in [0, 0.05) is 11.1 Å². The van der Waals surface area contributed by atoms with E-state index in [0.29, 0.717) is 11.1 Å². The molecule has 0 fully saturated rings. The summed E-state index contributed by atoms with van der Waals surface area (Å²) < 4.78 is 20.4. The van der Waals surface area contributed by atoms with Crippen molar-refractivity contribution in [1.82, 2.24) is 0 Å². The lowest BCUT2D eigenvalue weighted by atomic mass is 10.1. The van der Waals surface area contributed by atoms with Gasteiger partial charge in [-0.25, -0.2) is 19.2 Å². The minimum atomic E-state index is -0.717. The summed E-state index contributed by atoms with van der Waals surface area (Å²) in [5, 5.41) is 5.46. The van der Waals surface area contributed by atoms with Crippen molar-refractivity contribution in [2.45, 2.75) is 41.5 Å². The molecule has 0 spiro atoms. The van der Waals surface area contributed by atoms with E-state index in [9.17, 15) is 28.8 Å². The number of benzene rings is 1. The molecule has 234 valence electrons. The Morgan fingerprint density at radius 2 is 0.932 bits per heavy atom. The highest BCUT2D eigenvalue weighted by atomic mass is 32.1. The van der Waals surface area contributed by atoms with Crippen molar-refractivity contribution >= 4 is 68.4 Å². The van der Waals surface area contributed by atoms with Crippen molar-refractivity contribution in [2.24, 2.45) is 0 Å². The molecular weight excluding hydrogens is 612 g/mol. The normalized spacial score (nSPS) is 10.5. The Morgan fingerprint density at radius 1 is 0.591 bits per heavy atom. The number of hydrogen-bond donors (Lipinski definition) is 2. The molecule has 0 saturated carbocycles. The molecule has 0 bridgehead atoms. The van der Waals surface area contributed by atoms with Crippen LogP contribution >= 0.6 is 22.7 Å². The third-order valence-corrected chi connectivity index (χ3v) is 8.39. The first kappa shape index (κ1) is 33.9. The highest BCUT2D eigenvalue weighted by Crippen LogP contribution is 2.36. The molecule has 44 heavy (non-hydrogen) atoms. The number of amides is 2. The van der Waals surface area contributed by atoms with E-state index in [2.05, 4.69) is 10.6 Å². The molecule has 2 aromatic heterocycles. The van der Waals surface area contributed by atoms with Gasteiger partial charge in [0.15, 0.2) is 0 Å². The van der Waals surface area contributed by atoms with Gasteiger partial charge in [-0.15, -0.1) is 22.7 Å². The number of rotatable bonds is 12. The topological polar surface area (TPSA) is 163 Å². The summed E-state index contributed by atoms with van der Waals surface area (Å²) in [6.07, 6.45) is 0. The van der Waals surface area contributed by atoms with E-state index in [1.165, 1.54) is 24.3 Å². The molecule has 0 unspecified atom stereocenters. The standard InChI is InChI=1S/C30H32N2O10S2/c1-7-39-27(35)19-15(5)21(29(37)41-9-3)43-25(19)31-23(33)17-12-11-13-18(14-17)24(34)32-26-20(28(36)40-8-2)16(6)22(44-26)30(38)42-10-4/h11-14H,7-10H2,1-6H3,(H,31,33)(H,32,34). The highest BCUT2D eigenvalue weighted by molar-refractivity contribution is 7.19. The second-order valence-electron chi connectivity index (χ2n) is 8.89. The van der Waals surface area contributed by atoms with Crippen LogP contribution in [0.3, 0.4) is 0 Å². The summed E-state index contributed by atoms with van der Waals surface area (Å²) in [6.45, 7) is 10.1. The first-order chi connectivity index (χ1) is 21.0. The molecule has 3 rings (SSSR count). The number of carbonyl (C=O) groups excluding carboxylic acids is 6. The predicted molar refractivity (Wildman–Crippen MR) is 164 cm³/mol. The van der Waals surface area contributed by atoms with Crippen LogP contribution in [-0.2, 0) is 18.9 Å². The van der Waals surface area contributed by atoms with Gasteiger partial charge in [0.05, 0.1) is 37.6 Å². The molecule has 2 amide bonds. The molecule has 0 aliphatic heterocycles. The fraction of sp³-hybridized carbons (Fsp3) is 0.333. The largest absolute Gasteiger partial charge is 0.462 e. The van der Waals surface area contributed by atoms with Crippen LogP contribution in [0.2, 0.25) is 0 Å². The van der Waals surface area contributed by atoms with Crippen LogP contribution in [-0.4, -0.2) is 62.1 Å². The van der Waals surface area contributed by atoms with Crippen LogP contribution in [0.25, 0.3) is 0 Å². The van der Waals surface area contributed by atoms with Crippen molar-refractivity contribution in [2.75, 3.05) is 37.1 Å².